The highest BCUT2D eigenvalue weighted by molar-refractivity contribution is 6.06. The molecule has 0 saturated carbocycles. The number of pyridine rings is 1. The summed E-state index contributed by atoms with van der Waals surface area (Å²) < 4.78 is 0. The van der Waals surface area contributed by atoms with E-state index >= 15 is 0 Å². The molecule has 1 aromatic carbocycles. The summed E-state index contributed by atoms with van der Waals surface area (Å²) >= 11 is 0. The highest BCUT2D eigenvalue weighted by Crippen LogP contribution is 2.43. The van der Waals surface area contributed by atoms with Gasteiger partial charge in [0.2, 0.25) is 0 Å². The zero-order valence-electron chi connectivity index (χ0n) is 14.5. The molecule has 1 aliphatic carbocycles. The Hall–Kier alpha value is -2.75. The molecule has 1 atom stereocenters. The Morgan fingerprint density at radius 2 is 1.88 bits per heavy atom. The van der Waals surface area contributed by atoms with Gasteiger partial charge in [0, 0.05) is 35.6 Å². The van der Waals surface area contributed by atoms with Crippen LogP contribution in [0.1, 0.15) is 43.9 Å². The highest BCUT2D eigenvalue weighted by Gasteiger charge is 2.39. The number of aliphatic imine (C=N–C) groups is 1. The molecule has 0 fully saturated rings. The Labute approximate surface area is 147 Å². The summed E-state index contributed by atoms with van der Waals surface area (Å²) in [6.07, 6.45) is 4.96. The average molecular weight is 331 g/mol. The second-order valence-electron chi connectivity index (χ2n) is 7.49. The first-order valence-electron chi connectivity index (χ1n) is 8.60. The van der Waals surface area contributed by atoms with Crippen molar-refractivity contribution in [2.75, 3.05) is 0 Å². The van der Waals surface area contributed by atoms with Gasteiger partial charge in [-0.1, -0.05) is 44.2 Å². The van der Waals surface area contributed by atoms with E-state index in [0.29, 0.717) is 6.42 Å². The normalized spacial score (nSPS) is 22.1. The number of amidine groups is 1. The standard InChI is InChI=1S/C21H21N3O/c1-21(2)11-16-18(17(25)12-21)19(14-7-4-3-5-8-14)24-20(23-16)15-9-6-10-22-13-15/h3-10,13,19H,11-12H2,1-2H3,(H,23,24)/t19-/m1/s1. The first-order chi connectivity index (χ1) is 12.0. The Bertz CT molecular complexity index is 867. The fraction of sp³-hybridized carbons (Fsp3) is 0.286. The lowest BCUT2D eigenvalue weighted by molar-refractivity contribution is -0.118. The number of nitrogens with one attached hydrogen (secondary N) is 1. The first-order valence-corrected chi connectivity index (χ1v) is 8.60. The molecule has 2 aromatic rings. The van der Waals surface area contributed by atoms with Crippen LogP contribution >= 0.6 is 0 Å². The summed E-state index contributed by atoms with van der Waals surface area (Å²) in [6, 6.07) is 13.7. The quantitative estimate of drug-likeness (QED) is 0.910. The van der Waals surface area contributed by atoms with E-state index in [2.05, 4.69) is 24.1 Å². The predicted octanol–water partition coefficient (Wildman–Crippen LogP) is 3.82. The number of benzene rings is 1. The van der Waals surface area contributed by atoms with E-state index in [1.807, 2.05) is 42.5 Å². The maximum atomic E-state index is 12.9. The van der Waals surface area contributed by atoms with Crippen LogP contribution in [0.15, 0.2) is 71.1 Å². The Kier molecular flexibility index (Phi) is 3.75. The maximum absolute atomic E-state index is 12.9. The largest absolute Gasteiger partial charge is 0.343 e. The Morgan fingerprint density at radius 3 is 2.60 bits per heavy atom. The molecule has 1 N–H and O–H groups in total. The number of carbonyl (C=O) groups is 1. The van der Waals surface area contributed by atoms with Gasteiger partial charge in [-0.3, -0.25) is 14.8 Å². The van der Waals surface area contributed by atoms with Gasteiger partial charge in [0.15, 0.2) is 5.78 Å². The molecular formula is C21H21N3O. The molecule has 4 nitrogen and oxygen atoms in total. The van der Waals surface area contributed by atoms with E-state index in [-0.39, 0.29) is 17.2 Å². The van der Waals surface area contributed by atoms with Crippen molar-refractivity contribution in [3.8, 4) is 0 Å². The minimum atomic E-state index is -0.253. The Morgan fingerprint density at radius 1 is 1.08 bits per heavy atom. The van der Waals surface area contributed by atoms with Crippen LogP contribution < -0.4 is 5.32 Å². The number of allylic oxidation sites excluding steroid dienone is 1. The fourth-order valence-corrected chi connectivity index (χ4v) is 3.66. The fourth-order valence-electron chi connectivity index (χ4n) is 3.66. The van der Waals surface area contributed by atoms with Crippen LogP contribution in [0, 0.1) is 5.41 Å². The summed E-state index contributed by atoms with van der Waals surface area (Å²) in [5.74, 6) is 0.979. The minimum Gasteiger partial charge on any atom is -0.343 e. The number of aromatic nitrogens is 1. The monoisotopic (exact) mass is 331 g/mol. The van der Waals surface area contributed by atoms with Gasteiger partial charge in [-0.2, -0.15) is 0 Å². The lowest BCUT2D eigenvalue weighted by atomic mass is 9.73. The number of rotatable bonds is 2. The van der Waals surface area contributed by atoms with Crippen molar-refractivity contribution < 1.29 is 4.79 Å². The van der Waals surface area contributed by atoms with Crippen molar-refractivity contribution in [2.24, 2.45) is 10.4 Å². The highest BCUT2D eigenvalue weighted by atomic mass is 16.1. The second kappa shape index (κ2) is 5.96. The van der Waals surface area contributed by atoms with E-state index in [1.165, 1.54) is 0 Å². The van der Waals surface area contributed by atoms with Crippen LogP contribution in [0.5, 0.6) is 0 Å². The third-order valence-electron chi connectivity index (χ3n) is 4.77. The zero-order chi connectivity index (χ0) is 17.4. The van der Waals surface area contributed by atoms with E-state index < -0.39 is 0 Å². The van der Waals surface area contributed by atoms with Gasteiger partial charge in [-0.05, 0) is 29.5 Å². The summed E-state index contributed by atoms with van der Waals surface area (Å²) in [5, 5.41) is 3.43. The number of hydrogen-bond acceptors (Lipinski definition) is 4. The van der Waals surface area contributed by atoms with Crippen molar-refractivity contribution in [3.63, 3.8) is 0 Å². The van der Waals surface area contributed by atoms with Gasteiger partial charge in [0.05, 0.1) is 0 Å². The van der Waals surface area contributed by atoms with Gasteiger partial charge in [0.1, 0.15) is 11.9 Å². The van der Waals surface area contributed by atoms with Gasteiger partial charge in [0.25, 0.3) is 0 Å². The summed E-state index contributed by atoms with van der Waals surface area (Å²) in [7, 11) is 0. The van der Waals surface area contributed by atoms with E-state index in [1.54, 1.807) is 12.4 Å². The average Bonchev–Trinajstić information content (AvgIpc) is 2.61. The molecule has 126 valence electrons. The molecule has 1 aromatic heterocycles. The summed E-state index contributed by atoms with van der Waals surface area (Å²) in [5.41, 5.74) is 3.76. The second-order valence-corrected chi connectivity index (χ2v) is 7.49. The molecular weight excluding hydrogens is 310 g/mol. The number of Topliss-reactive ketones (excluding diaryl/α,β-unsaturated/α-hetero) is 1. The van der Waals surface area contributed by atoms with Crippen LogP contribution in [0.3, 0.4) is 0 Å². The molecule has 4 rings (SSSR count). The van der Waals surface area contributed by atoms with Crippen LogP contribution in [-0.4, -0.2) is 16.6 Å². The zero-order valence-corrected chi connectivity index (χ0v) is 14.5. The first kappa shape index (κ1) is 15.8. The van der Waals surface area contributed by atoms with Crippen molar-refractivity contribution >= 4 is 11.6 Å². The van der Waals surface area contributed by atoms with Crippen molar-refractivity contribution in [3.05, 3.63) is 77.3 Å². The van der Waals surface area contributed by atoms with Gasteiger partial charge in [-0.15, -0.1) is 0 Å². The van der Waals surface area contributed by atoms with Gasteiger partial charge >= 0.3 is 0 Å². The molecule has 2 heterocycles. The summed E-state index contributed by atoms with van der Waals surface area (Å²) in [6.45, 7) is 4.28. The lowest BCUT2D eigenvalue weighted by Gasteiger charge is -2.37. The molecule has 2 aliphatic rings. The number of nitrogens with zero attached hydrogens (tertiary/aromatic N) is 2. The number of ketones is 1. The lowest BCUT2D eigenvalue weighted by Crippen LogP contribution is -2.39. The molecule has 0 amide bonds. The SMILES string of the molecule is CC1(C)CC(=O)C2=C(C1)NC(c1cccnc1)=N[C@@H]2c1ccccc1. The van der Waals surface area contributed by atoms with Crippen LogP contribution in [0.25, 0.3) is 0 Å². The number of hydrogen-bond donors (Lipinski definition) is 1. The maximum Gasteiger partial charge on any atom is 0.163 e. The smallest absolute Gasteiger partial charge is 0.163 e. The third kappa shape index (κ3) is 3.00. The third-order valence-corrected chi connectivity index (χ3v) is 4.77. The molecule has 25 heavy (non-hydrogen) atoms. The van der Waals surface area contributed by atoms with Crippen LogP contribution in [-0.2, 0) is 4.79 Å². The molecule has 4 heteroatoms. The molecule has 1 aliphatic heterocycles. The molecule has 0 spiro atoms. The molecule has 0 radical (unpaired) electrons. The van der Waals surface area contributed by atoms with E-state index in [9.17, 15) is 4.79 Å². The van der Waals surface area contributed by atoms with Crippen molar-refractivity contribution in [1.82, 2.24) is 10.3 Å². The van der Waals surface area contributed by atoms with Crippen LogP contribution in [0.2, 0.25) is 0 Å². The molecule has 0 bridgehead atoms. The Balaban J connectivity index is 1.84. The topological polar surface area (TPSA) is 54.4 Å². The van der Waals surface area contributed by atoms with Gasteiger partial charge < -0.3 is 5.32 Å². The molecule has 0 unspecified atom stereocenters. The number of carbonyl (C=O) groups excluding carboxylic acids is 1. The van der Waals surface area contributed by atoms with E-state index in [4.69, 9.17) is 4.99 Å². The summed E-state index contributed by atoms with van der Waals surface area (Å²) in [4.78, 5) is 22.0. The van der Waals surface area contributed by atoms with Crippen LogP contribution in [0.4, 0.5) is 0 Å². The predicted molar refractivity (Wildman–Crippen MR) is 98.1 cm³/mol. The van der Waals surface area contributed by atoms with Gasteiger partial charge in [-0.25, -0.2) is 0 Å². The molecule has 0 saturated heterocycles. The van der Waals surface area contributed by atoms with E-state index in [0.717, 1.165) is 34.7 Å². The van der Waals surface area contributed by atoms with Crippen molar-refractivity contribution in [2.45, 2.75) is 32.7 Å². The van der Waals surface area contributed by atoms with Crippen molar-refractivity contribution in [1.29, 1.82) is 0 Å². The minimum absolute atomic E-state index is 0.0401.